The van der Waals surface area contributed by atoms with Gasteiger partial charge in [-0.05, 0) is 43.9 Å². The predicted molar refractivity (Wildman–Crippen MR) is 109 cm³/mol. The monoisotopic (exact) mass is 407 g/mol. The van der Waals surface area contributed by atoms with Crippen LogP contribution in [0.2, 0.25) is 0 Å². The molecular formula is C22H22FN5O2. The van der Waals surface area contributed by atoms with Crippen LogP contribution in [0.15, 0.2) is 36.7 Å². The van der Waals surface area contributed by atoms with Gasteiger partial charge in [-0.1, -0.05) is 6.07 Å². The van der Waals surface area contributed by atoms with E-state index in [1.54, 1.807) is 21.7 Å². The molecule has 2 saturated heterocycles. The van der Waals surface area contributed by atoms with Gasteiger partial charge in [-0.15, -0.1) is 0 Å². The fourth-order valence-electron chi connectivity index (χ4n) is 4.07. The first kappa shape index (κ1) is 18.7. The van der Waals surface area contributed by atoms with Crippen LogP contribution in [0.1, 0.15) is 46.5 Å². The minimum Gasteiger partial charge on any atom is -0.339 e. The highest BCUT2D eigenvalue weighted by atomic mass is 19.1. The van der Waals surface area contributed by atoms with Crippen LogP contribution in [0, 0.1) is 5.82 Å². The summed E-state index contributed by atoms with van der Waals surface area (Å²) in [6.07, 6.45) is 7.18. The predicted octanol–water partition coefficient (Wildman–Crippen LogP) is 3.01. The van der Waals surface area contributed by atoms with E-state index < -0.39 is 5.82 Å². The molecule has 7 nitrogen and oxygen atoms in total. The van der Waals surface area contributed by atoms with Crippen molar-refractivity contribution in [2.24, 2.45) is 0 Å². The van der Waals surface area contributed by atoms with Gasteiger partial charge in [-0.2, -0.15) is 5.10 Å². The number of rotatable bonds is 3. The van der Waals surface area contributed by atoms with E-state index in [-0.39, 0.29) is 17.5 Å². The van der Waals surface area contributed by atoms with Gasteiger partial charge in [0.2, 0.25) is 0 Å². The molecule has 3 aromatic heterocycles. The summed E-state index contributed by atoms with van der Waals surface area (Å²) in [5.41, 5.74) is 2.16. The molecule has 0 N–H and O–H groups in total. The molecule has 2 amide bonds. The largest absolute Gasteiger partial charge is 0.339 e. The quantitative estimate of drug-likeness (QED) is 0.669. The van der Waals surface area contributed by atoms with Crippen LogP contribution in [0.4, 0.5) is 4.39 Å². The molecule has 0 spiro atoms. The molecule has 2 aliphatic rings. The first-order chi connectivity index (χ1) is 14.6. The molecule has 0 aromatic carbocycles. The summed E-state index contributed by atoms with van der Waals surface area (Å²) in [5, 5.41) is 4.39. The van der Waals surface area contributed by atoms with Crippen molar-refractivity contribution in [3.05, 3.63) is 53.7 Å². The molecule has 0 aliphatic carbocycles. The maximum atomic E-state index is 14.7. The Hall–Kier alpha value is -3.29. The summed E-state index contributed by atoms with van der Waals surface area (Å²) >= 11 is 0. The second kappa shape index (κ2) is 7.51. The van der Waals surface area contributed by atoms with E-state index in [4.69, 9.17) is 0 Å². The molecule has 30 heavy (non-hydrogen) atoms. The first-order valence-corrected chi connectivity index (χ1v) is 10.3. The average Bonchev–Trinajstić information content (AvgIpc) is 3.16. The lowest BCUT2D eigenvalue weighted by Crippen LogP contribution is -2.42. The zero-order chi connectivity index (χ0) is 20.7. The van der Waals surface area contributed by atoms with Crippen molar-refractivity contribution in [2.75, 3.05) is 26.2 Å². The highest BCUT2D eigenvalue weighted by Crippen LogP contribution is 2.25. The Balaban J connectivity index is 1.49. The number of carbonyl (C=O) groups is 2. The number of piperidine rings is 1. The molecule has 8 heteroatoms. The smallest absolute Gasteiger partial charge is 0.275 e. The number of nitrogens with zero attached hydrogens (tertiary/aromatic N) is 5. The zero-order valence-corrected chi connectivity index (χ0v) is 16.6. The lowest BCUT2D eigenvalue weighted by molar-refractivity contribution is 0.0639. The second-order valence-electron chi connectivity index (χ2n) is 7.82. The number of aromatic nitrogens is 3. The maximum Gasteiger partial charge on any atom is 0.275 e. The Morgan fingerprint density at radius 1 is 0.900 bits per heavy atom. The minimum atomic E-state index is -0.654. The van der Waals surface area contributed by atoms with Gasteiger partial charge in [0.15, 0.2) is 11.5 Å². The Morgan fingerprint density at radius 2 is 1.63 bits per heavy atom. The minimum absolute atomic E-state index is 0.0263. The van der Waals surface area contributed by atoms with Gasteiger partial charge in [0.1, 0.15) is 0 Å². The van der Waals surface area contributed by atoms with Crippen molar-refractivity contribution >= 4 is 17.3 Å². The van der Waals surface area contributed by atoms with Crippen LogP contribution in [0.3, 0.4) is 0 Å². The number of pyridine rings is 2. The SMILES string of the molecule is O=C(c1ncc(-c2cccc3c(C(=O)N4CCCCC4)cnn23)cc1F)N1CCC1. The van der Waals surface area contributed by atoms with Crippen LogP contribution >= 0.6 is 0 Å². The number of likely N-dealkylation sites (tertiary alicyclic amines) is 2. The van der Waals surface area contributed by atoms with Gasteiger partial charge in [-0.3, -0.25) is 9.59 Å². The van der Waals surface area contributed by atoms with Crippen molar-refractivity contribution < 1.29 is 14.0 Å². The number of hydrogen-bond donors (Lipinski definition) is 0. The van der Waals surface area contributed by atoms with Crippen molar-refractivity contribution in [3.8, 4) is 11.3 Å². The Labute approximate surface area is 173 Å². The lowest BCUT2D eigenvalue weighted by Gasteiger charge is -2.30. The average molecular weight is 407 g/mol. The molecule has 0 radical (unpaired) electrons. The molecule has 5 rings (SSSR count). The number of halogens is 1. The fourth-order valence-corrected chi connectivity index (χ4v) is 4.07. The van der Waals surface area contributed by atoms with E-state index >= 15 is 0 Å². The van der Waals surface area contributed by atoms with Crippen molar-refractivity contribution in [3.63, 3.8) is 0 Å². The normalized spacial score (nSPS) is 16.6. The summed E-state index contributed by atoms with van der Waals surface area (Å²) in [5.74, 6) is -1.06. The van der Waals surface area contributed by atoms with Gasteiger partial charge in [0, 0.05) is 37.9 Å². The van der Waals surface area contributed by atoms with Gasteiger partial charge in [-0.25, -0.2) is 13.9 Å². The zero-order valence-electron chi connectivity index (χ0n) is 16.6. The van der Waals surface area contributed by atoms with Crippen LogP contribution in [-0.4, -0.2) is 62.4 Å². The highest BCUT2D eigenvalue weighted by molar-refractivity contribution is 6.01. The fraction of sp³-hybridized carbons (Fsp3) is 0.364. The van der Waals surface area contributed by atoms with Gasteiger partial charge < -0.3 is 9.80 Å². The molecule has 2 aliphatic heterocycles. The van der Waals surface area contributed by atoms with E-state index in [9.17, 15) is 14.0 Å². The topological polar surface area (TPSA) is 70.8 Å². The summed E-state index contributed by atoms with van der Waals surface area (Å²) in [4.78, 5) is 32.8. The lowest BCUT2D eigenvalue weighted by atomic mass is 10.1. The third kappa shape index (κ3) is 3.12. The maximum absolute atomic E-state index is 14.7. The summed E-state index contributed by atoms with van der Waals surface area (Å²) in [6.45, 7) is 2.80. The Bertz CT molecular complexity index is 1130. The molecule has 5 heterocycles. The third-order valence-electron chi connectivity index (χ3n) is 5.90. The van der Waals surface area contributed by atoms with E-state index in [0.29, 0.717) is 35.4 Å². The third-order valence-corrected chi connectivity index (χ3v) is 5.90. The van der Waals surface area contributed by atoms with E-state index in [0.717, 1.165) is 38.8 Å². The summed E-state index contributed by atoms with van der Waals surface area (Å²) < 4.78 is 16.3. The van der Waals surface area contributed by atoms with Crippen LogP contribution in [0.5, 0.6) is 0 Å². The Kier molecular flexibility index (Phi) is 4.69. The van der Waals surface area contributed by atoms with Crippen molar-refractivity contribution in [1.29, 1.82) is 0 Å². The summed E-state index contributed by atoms with van der Waals surface area (Å²) in [6, 6.07) is 6.75. The van der Waals surface area contributed by atoms with E-state index in [2.05, 4.69) is 10.1 Å². The number of fused-ring (bicyclic) bond motifs is 1. The standard InChI is InChI=1S/C22H22FN5O2/c23-17-12-15(13-24-20(17)22(30)27-10-5-11-27)18-6-4-7-19-16(14-25-28(18)19)21(29)26-8-2-1-3-9-26/h4,6-7,12-14H,1-3,5,8-11H2. The molecule has 2 fully saturated rings. The van der Waals surface area contributed by atoms with Crippen LogP contribution in [0.25, 0.3) is 16.8 Å². The van der Waals surface area contributed by atoms with E-state index in [1.165, 1.54) is 12.3 Å². The van der Waals surface area contributed by atoms with Crippen molar-refractivity contribution in [1.82, 2.24) is 24.4 Å². The first-order valence-electron chi connectivity index (χ1n) is 10.3. The Morgan fingerprint density at radius 3 is 2.33 bits per heavy atom. The molecule has 0 bridgehead atoms. The van der Waals surface area contributed by atoms with Gasteiger partial charge in [0.25, 0.3) is 11.8 Å². The molecule has 154 valence electrons. The van der Waals surface area contributed by atoms with Crippen LogP contribution in [-0.2, 0) is 0 Å². The van der Waals surface area contributed by atoms with Crippen LogP contribution < -0.4 is 0 Å². The highest BCUT2D eigenvalue weighted by Gasteiger charge is 2.26. The molecule has 0 unspecified atom stereocenters. The number of carbonyl (C=O) groups excluding carboxylic acids is 2. The molecular weight excluding hydrogens is 385 g/mol. The number of amides is 2. The molecule has 0 saturated carbocycles. The second-order valence-corrected chi connectivity index (χ2v) is 7.82. The van der Waals surface area contributed by atoms with Crippen molar-refractivity contribution in [2.45, 2.75) is 25.7 Å². The van der Waals surface area contributed by atoms with Gasteiger partial charge >= 0.3 is 0 Å². The number of hydrogen-bond acceptors (Lipinski definition) is 4. The molecule has 0 atom stereocenters. The van der Waals surface area contributed by atoms with E-state index in [1.807, 2.05) is 17.0 Å². The summed E-state index contributed by atoms with van der Waals surface area (Å²) in [7, 11) is 0. The molecule has 3 aromatic rings. The van der Waals surface area contributed by atoms with Gasteiger partial charge in [0.05, 0.1) is 23.0 Å².